The van der Waals surface area contributed by atoms with E-state index in [2.05, 4.69) is 34.5 Å². The molecule has 2 aromatic carbocycles. The molecular formula is C20H23N3O3. The normalized spacial score (nSPS) is 20.0. The van der Waals surface area contributed by atoms with Gasteiger partial charge in [-0.2, -0.15) is 0 Å². The molecule has 1 fully saturated rings. The minimum absolute atomic E-state index is 0.106. The highest BCUT2D eigenvalue weighted by Crippen LogP contribution is 2.28. The van der Waals surface area contributed by atoms with Crippen LogP contribution in [0, 0.1) is 0 Å². The average Bonchev–Trinajstić information content (AvgIpc) is 2.68. The number of hydrogen-bond acceptors (Lipinski definition) is 4. The number of hydrogen-bond donors (Lipinski definition) is 2. The van der Waals surface area contributed by atoms with E-state index in [0.29, 0.717) is 19.6 Å². The Kier molecular flexibility index (Phi) is 5.23. The van der Waals surface area contributed by atoms with Gasteiger partial charge < -0.3 is 14.8 Å². The standard InChI is InChI=1S/C20H23N3O3/c1-21-20(11-14-24)15-22(12-13-23(20)19(25)26)18-9-7-17(8-10-18)16-5-3-2-4-6-16/h2-10,14,21H,11-13,15H2,1H3,(H,25,26). The van der Waals surface area contributed by atoms with Gasteiger partial charge in [-0.25, -0.2) is 4.79 Å². The minimum atomic E-state index is -1.01. The van der Waals surface area contributed by atoms with E-state index in [9.17, 15) is 14.7 Å². The van der Waals surface area contributed by atoms with E-state index in [-0.39, 0.29) is 6.42 Å². The van der Waals surface area contributed by atoms with Crippen molar-refractivity contribution in [1.82, 2.24) is 10.2 Å². The summed E-state index contributed by atoms with van der Waals surface area (Å²) in [4.78, 5) is 26.2. The summed E-state index contributed by atoms with van der Waals surface area (Å²) in [6.45, 7) is 1.34. The van der Waals surface area contributed by atoms with Crippen molar-refractivity contribution in [3.63, 3.8) is 0 Å². The van der Waals surface area contributed by atoms with Crippen molar-refractivity contribution in [2.45, 2.75) is 12.1 Å². The second-order valence-electron chi connectivity index (χ2n) is 6.42. The predicted molar refractivity (Wildman–Crippen MR) is 101 cm³/mol. The fraction of sp³-hybridized carbons (Fsp3) is 0.300. The van der Waals surface area contributed by atoms with Gasteiger partial charge in [-0.05, 0) is 30.3 Å². The number of likely N-dealkylation sites (N-methyl/N-ethyl adjacent to an activating group) is 1. The molecule has 0 radical (unpaired) electrons. The minimum Gasteiger partial charge on any atom is -0.465 e. The van der Waals surface area contributed by atoms with E-state index in [1.807, 2.05) is 30.3 Å². The molecule has 6 nitrogen and oxygen atoms in total. The Bertz CT molecular complexity index is 764. The van der Waals surface area contributed by atoms with E-state index in [0.717, 1.165) is 23.1 Å². The Labute approximate surface area is 153 Å². The lowest BCUT2D eigenvalue weighted by Gasteiger charge is -2.49. The Morgan fingerprint density at radius 1 is 1.12 bits per heavy atom. The number of amides is 1. The third kappa shape index (κ3) is 3.41. The van der Waals surface area contributed by atoms with Gasteiger partial charge in [0.25, 0.3) is 0 Å². The number of anilines is 1. The zero-order valence-corrected chi connectivity index (χ0v) is 14.8. The molecular weight excluding hydrogens is 330 g/mol. The van der Waals surface area contributed by atoms with Crippen molar-refractivity contribution >= 4 is 18.1 Å². The van der Waals surface area contributed by atoms with Crippen molar-refractivity contribution < 1.29 is 14.7 Å². The van der Waals surface area contributed by atoms with Crippen LogP contribution >= 0.6 is 0 Å². The summed E-state index contributed by atoms with van der Waals surface area (Å²) in [5.41, 5.74) is 2.39. The molecule has 3 rings (SSSR count). The van der Waals surface area contributed by atoms with Gasteiger partial charge in [0, 0.05) is 25.2 Å². The lowest BCUT2D eigenvalue weighted by molar-refractivity contribution is -0.110. The summed E-state index contributed by atoms with van der Waals surface area (Å²) in [6, 6.07) is 18.4. The smallest absolute Gasteiger partial charge is 0.408 e. The van der Waals surface area contributed by atoms with Crippen molar-refractivity contribution in [2.75, 3.05) is 31.6 Å². The molecule has 1 amide bonds. The highest BCUT2D eigenvalue weighted by Gasteiger charge is 2.43. The topological polar surface area (TPSA) is 72.9 Å². The number of nitrogens with one attached hydrogen (secondary N) is 1. The van der Waals surface area contributed by atoms with Crippen LogP contribution in [0.2, 0.25) is 0 Å². The molecule has 0 bridgehead atoms. The SMILES string of the molecule is CNC1(CC=O)CN(c2ccc(-c3ccccc3)cc2)CCN1C(=O)O. The van der Waals surface area contributed by atoms with E-state index in [4.69, 9.17) is 0 Å². The van der Waals surface area contributed by atoms with E-state index < -0.39 is 11.8 Å². The maximum Gasteiger partial charge on any atom is 0.408 e. The first-order chi connectivity index (χ1) is 12.6. The average molecular weight is 353 g/mol. The van der Waals surface area contributed by atoms with Crippen LogP contribution in [0.5, 0.6) is 0 Å². The predicted octanol–water partition coefficient (Wildman–Crippen LogP) is 2.66. The number of benzene rings is 2. The first kappa shape index (κ1) is 17.9. The van der Waals surface area contributed by atoms with Crippen LogP contribution in [0.1, 0.15) is 6.42 Å². The molecule has 1 atom stereocenters. The molecule has 1 heterocycles. The van der Waals surface area contributed by atoms with Crippen LogP contribution in [0.15, 0.2) is 54.6 Å². The second-order valence-corrected chi connectivity index (χ2v) is 6.42. The summed E-state index contributed by atoms with van der Waals surface area (Å²) in [5, 5.41) is 12.6. The van der Waals surface area contributed by atoms with Gasteiger partial charge in [0.2, 0.25) is 0 Å². The maximum atomic E-state index is 11.6. The molecule has 6 heteroatoms. The summed E-state index contributed by atoms with van der Waals surface area (Å²) >= 11 is 0. The van der Waals surface area contributed by atoms with Gasteiger partial charge in [-0.3, -0.25) is 10.2 Å². The van der Waals surface area contributed by atoms with E-state index in [1.54, 1.807) is 7.05 Å². The summed E-state index contributed by atoms with van der Waals surface area (Å²) < 4.78 is 0. The number of rotatable bonds is 5. The molecule has 0 saturated carbocycles. The van der Waals surface area contributed by atoms with Crippen molar-refractivity contribution in [3.8, 4) is 11.1 Å². The van der Waals surface area contributed by atoms with Crippen LogP contribution < -0.4 is 10.2 Å². The second kappa shape index (κ2) is 7.58. The Hall–Kier alpha value is -2.86. The number of nitrogens with zero attached hydrogens (tertiary/aromatic N) is 2. The highest BCUT2D eigenvalue weighted by atomic mass is 16.4. The lowest BCUT2D eigenvalue weighted by Crippen LogP contribution is -2.69. The fourth-order valence-electron chi connectivity index (χ4n) is 3.54. The third-order valence-corrected chi connectivity index (χ3v) is 5.02. The van der Waals surface area contributed by atoms with Gasteiger partial charge in [0.15, 0.2) is 0 Å². The summed E-state index contributed by atoms with van der Waals surface area (Å²) in [7, 11) is 1.70. The van der Waals surface area contributed by atoms with Crippen molar-refractivity contribution in [3.05, 3.63) is 54.6 Å². The molecule has 0 spiro atoms. The fourth-order valence-corrected chi connectivity index (χ4v) is 3.54. The largest absolute Gasteiger partial charge is 0.465 e. The van der Waals surface area contributed by atoms with Gasteiger partial charge >= 0.3 is 6.09 Å². The van der Waals surface area contributed by atoms with Crippen LogP contribution in [-0.2, 0) is 4.79 Å². The molecule has 0 aromatic heterocycles. The van der Waals surface area contributed by atoms with Crippen LogP contribution in [0.3, 0.4) is 0 Å². The Balaban J connectivity index is 1.83. The Morgan fingerprint density at radius 2 is 1.77 bits per heavy atom. The van der Waals surface area contributed by atoms with Crippen LogP contribution in [0.4, 0.5) is 10.5 Å². The first-order valence-electron chi connectivity index (χ1n) is 8.63. The zero-order chi connectivity index (χ0) is 18.6. The first-order valence-corrected chi connectivity index (χ1v) is 8.63. The van der Waals surface area contributed by atoms with Crippen LogP contribution in [-0.4, -0.2) is 54.7 Å². The number of carbonyl (C=O) groups is 2. The third-order valence-electron chi connectivity index (χ3n) is 5.02. The summed E-state index contributed by atoms with van der Waals surface area (Å²) in [6.07, 6.45) is -0.136. The molecule has 1 saturated heterocycles. The Morgan fingerprint density at radius 3 is 2.35 bits per heavy atom. The van der Waals surface area contributed by atoms with Crippen LogP contribution in [0.25, 0.3) is 11.1 Å². The van der Waals surface area contributed by atoms with Crippen molar-refractivity contribution in [1.29, 1.82) is 0 Å². The maximum absolute atomic E-state index is 11.6. The quantitative estimate of drug-likeness (QED) is 0.809. The van der Waals surface area contributed by atoms with Gasteiger partial charge in [-0.1, -0.05) is 42.5 Å². The molecule has 2 N–H and O–H groups in total. The lowest BCUT2D eigenvalue weighted by atomic mass is 9.99. The number of aldehydes is 1. The molecule has 1 aliphatic rings. The molecule has 1 aliphatic heterocycles. The van der Waals surface area contributed by atoms with E-state index in [1.165, 1.54) is 4.90 Å². The van der Waals surface area contributed by atoms with Gasteiger partial charge in [0.1, 0.15) is 11.9 Å². The molecule has 136 valence electrons. The monoisotopic (exact) mass is 353 g/mol. The molecule has 0 aliphatic carbocycles. The summed E-state index contributed by atoms with van der Waals surface area (Å²) in [5.74, 6) is 0. The highest BCUT2D eigenvalue weighted by molar-refractivity contribution is 5.69. The van der Waals surface area contributed by atoms with E-state index >= 15 is 0 Å². The molecule has 1 unspecified atom stereocenters. The number of carbonyl (C=O) groups excluding carboxylic acids is 1. The number of piperazine rings is 1. The van der Waals surface area contributed by atoms with Gasteiger partial charge in [0.05, 0.1) is 6.54 Å². The molecule has 26 heavy (non-hydrogen) atoms. The molecule has 2 aromatic rings. The van der Waals surface area contributed by atoms with Crippen molar-refractivity contribution in [2.24, 2.45) is 0 Å². The van der Waals surface area contributed by atoms with Gasteiger partial charge in [-0.15, -0.1) is 0 Å². The zero-order valence-electron chi connectivity index (χ0n) is 14.8. The number of carboxylic acid groups (broad SMARTS) is 1.